The molecule has 0 spiro atoms. The molecule has 0 fully saturated rings. The molecule has 0 aliphatic heterocycles. The van der Waals surface area contributed by atoms with E-state index >= 15 is 0 Å². The summed E-state index contributed by atoms with van der Waals surface area (Å²) < 4.78 is 6.94. The van der Waals surface area contributed by atoms with Gasteiger partial charge >= 0.3 is 11.9 Å². The number of carboxylic acid groups (broad SMARTS) is 2. The highest BCUT2D eigenvalue weighted by atomic mass is 16.9. The summed E-state index contributed by atoms with van der Waals surface area (Å²) in [5.74, 6) is -3.15. The zero-order valence-corrected chi connectivity index (χ0v) is 16.4. The lowest BCUT2D eigenvalue weighted by atomic mass is 10.00. The minimum Gasteiger partial charge on any atom is -0.477 e. The zero-order chi connectivity index (χ0) is 23.5. The van der Waals surface area contributed by atoms with Gasteiger partial charge < -0.3 is 24.4 Å². The van der Waals surface area contributed by atoms with Crippen LogP contribution in [0.15, 0.2) is 32.2 Å². The summed E-state index contributed by atoms with van der Waals surface area (Å²) in [5, 5.41) is 32.6. The number of carboxylic acids is 2. The summed E-state index contributed by atoms with van der Waals surface area (Å²) in [7, 11) is 0. The first-order chi connectivity index (χ1) is 14.5. The molecule has 2 heterocycles. The van der Waals surface area contributed by atoms with Crippen molar-refractivity contribution in [3.8, 4) is 0 Å². The van der Waals surface area contributed by atoms with Gasteiger partial charge in [-0.3, -0.25) is 9.59 Å². The quantitative estimate of drug-likeness (QED) is 0.304. The van der Waals surface area contributed by atoms with Crippen molar-refractivity contribution in [1.82, 2.24) is 4.57 Å². The minimum atomic E-state index is -1.50. The normalized spacial score (nSPS) is 10.5. The molecule has 0 aliphatic carbocycles. The smallest absolute Gasteiger partial charge is 0.371 e. The van der Waals surface area contributed by atoms with Crippen molar-refractivity contribution in [2.24, 2.45) is 0 Å². The Morgan fingerprint density at radius 3 is 2.13 bits per heavy atom. The SMILES string of the molecule is CCCc1c2oc(C(=O)O)cc(=O)c2cc2c(=O)cc(C(=O)O)n(CC)c12.O=[N+]([O-])O. The fourth-order valence-electron chi connectivity index (χ4n) is 3.34. The second kappa shape index (κ2) is 9.07. The molecule has 3 aromatic rings. The molecule has 2 aromatic heterocycles. The predicted molar refractivity (Wildman–Crippen MR) is 107 cm³/mol. The van der Waals surface area contributed by atoms with Gasteiger partial charge in [0.05, 0.1) is 10.9 Å². The van der Waals surface area contributed by atoms with Crippen molar-refractivity contribution in [1.29, 1.82) is 0 Å². The molecular formula is C19H18N2O10. The third-order valence-electron chi connectivity index (χ3n) is 4.43. The van der Waals surface area contributed by atoms with Crippen LogP contribution in [0.5, 0.6) is 0 Å². The number of hydrogen-bond donors (Lipinski definition) is 3. The average molecular weight is 434 g/mol. The van der Waals surface area contributed by atoms with Crippen LogP contribution < -0.4 is 10.9 Å². The van der Waals surface area contributed by atoms with E-state index in [0.29, 0.717) is 23.9 Å². The minimum absolute atomic E-state index is 0.0680. The van der Waals surface area contributed by atoms with E-state index in [-0.39, 0.29) is 28.6 Å². The molecule has 1 aromatic carbocycles. The number of rotatable bonds is 5. The summed E-state index contributed by atoms with van der Waals surface area (Å²) in [6, 6.07) is 3.25. The first-order valence-electron chi connectivity index (χ1n) is 9.00. The Balaban J connectivity index is 0.000000785. The van der Waals surface area contributed by atoms with Gasteiger partial charge in [0, 0.05) is 29.6 Å². The molecule has 0 unspecified atom stereocenters. The van der Waals surface area contributed by atoms with Crippen molar-refractivity contribution >= 4 is 33.8 Å². The van der Waals surface area contributed by atoms with Crippen LogP contribution in [0.3, 0.4) is 0 Å². The molecule has 0 aliphatic rings. The molecule has 3 N–H and O–H groups in total. The Bertz CT molecular complexity index is 1320. The maximum Gasteiger partial charge on any atom is 0.371 e. The Labute approximate surface area is 172 Å². The summed E-state index contributed by atoms with van der Waals surface area (Å²) >= 11 is 0. The van der Waals surface area contributed by atoms with Gasteiger partial charge in [-0.25, -0.2) is 9.59 Å². The molecule has 0 saturated heterocycles. The fraction of sp³-hybridized carbons (Fsp3) is 0.263. The lowest BCUT2D eigenvalue weighted by Gasteiger charge is -2.17. The van der Waals surface area contributed by atoms with Crippen molar-refractivity contribution in [2.45, 2.75) is 33.2 Å². The van der Waals surface area contributed by atoms with E-state index in [9.17, 15) is 29.4 Å². The zero-order valence-electron chi connectivity index (χ0n) is 16.4. The standard InChI is InChI=1S/C19H17NO7.HNO3/c1-3-5-9-16-10(13(21)7-12(18(23)24)20(16)4-2)6-11-14(22)8-15(19(25)26)27-17(9)11;2-1(3)4/h6-8H,3-5H2,1-2H3,(H,23,24)(H,25,26);(H,2,3,4). The molecule has 0 saturated carbocycles. The number of aromatic carboxylic acids is 2. The molecule has 12 nitrogen and oxygen atoms in total. The molecular weight excluding hydrogens is 416 g/mol. The van der Waals surface area contributed by atoms with Gasteiger partial charge in [-0.2, -0.15) is 0 Å². The number of hydrogen-bond acceptors (Lipinski definition) is 7. The lowest BCUT2D eigenvalue weighted by Crippen LogP contribution is -2.19. The highest BCUT2D eigenvalue weighted by Crippen LogP contribution is 2.28. The van der Waals surface area contributed by atoms with Crippen LogP contribution in [0.4, 0.5) is 0 Å². The van der Waals surface area contributed by atoms with Gasteiger partial charge in [0.2, 0.25) is 5.76 Å². The van der Waals surface area contributed by atoms with Gasteiger partial charge in [0.1, 0.15) is 11.3 Å². The molecule has 0 atom stereocenters. The fourth-order valence-corrected chi connectivity index (χ4v) is 3.34. The number of nitrogens with zero attached hydrogens (tertiary/aromatic N) is 2. The van der Waals surface area contributed by atoms with E-state index in [0.717, 1.165) is 12.1 Å². The van der Waals surface area contributed by atoms with Crippen LogP contribution in [0.25, 0.3) is 21.9 Å². The van der Waals surface area contributed by atoms with Crippen molar-refractivity contribution in [3.05, 3.63) is 65.8 Å². The third kappa shape index (κ3) is 4.52. The summed E-state index contributed by atoms with van der Waals surface area (Å²) in [6.07, 6.45) is 0.993. The van der Waals surface area contributed by atoms with Gasteiger partial charge in [0.25, 0.3) is 5.09 Å². The largest absolute Gasteiger partial charge is 0.477 e. The van der Waals surface area contributed by atoms with Crippen LogP contribution in [0, 0.1) is 10.1 Å². The monoisotopic (exact) mass is 434 g/mol. The molecule has 0 amide bonds. The Hall–Kier alpha value is -4.22. The molecule has 31 heavy (non-hydrogen) atoms. The number of carbonyl (C=O) groups is 2. The van der Waals surface area contributed by atoms with Crippen LogP contribution in [0.2, 0.25) is 0 Å². The van der Waals surface area contributed by atoms with E-state index in [1.807, 2.05) is 6.92 Å². The number of fused-ring (bicyclic) bond motifs is 2. The summed E-state index contributed by atoms with van der Waals surface area (Å²) in [4.78, 5) is 56.2. The molecule has 12 heteroatoms. The Morgan fingerprint density at radius 1 is 1.06 bits per heavy atom. The third-order valence-corrected chi connectivity index (χ3v) is 4.43. The second-order valence-electron chi connectivity index (χ2n) is 6.34. The molecule has 0 radical (unpaired) electrons. The van der Waals surface area contributed by atoms with Crippen LogP contribution in [-0.2, 0) is 13.0 Å². The molecule has 3 rings (SSSR count). The van der Waals surface area contributed by atoms with Gasteiger partial charge in [-0.1, -0.05) is 13.3 Å². The van der Waals surface area contributed by atoms with E-state index in [1.54, 1.807) is 6.92 Å². The Morgan fingerprint density at radius 2 is 1.65 bits per heavy atom. The van der Waals surface area contributed by atoms with E-state index in [4.69, 9.17) is 19.7 Å². The van der Waals surface area contributed by atoms with Gasteiger partial charge in [-0.15, -0.1) is 10.1 Å². The number of aromatic nitrogens is 1. The number of pyridine rings is 1. The van der Waals surface area contributed by atoms with Crippen LogP contribution >= 0.6 is 0 Å². The molecule has 0 bridgehead atoms. The maximum absolute atomic E-state index is 12.6. The van der Waals surface area contributed by atoms with Crippen molar-refractivity contribution in [3.63, 3.8) is 0 Å². The highest BCUT2D eigenvalue weighted by Gasteiger charge is 2.21. The number of aryl methyl sites for hydroxylation is 2. The lowest BCUT2D eigenvalue weighted by molar-refractivity contribution is -0.742. The highest BCUT2D eigenvalue weighted by molar-refractivity contribution is 6.01. The topological polar surface area (TPSA) is 190 Å². The first kappa shape index (κ1) is 23.1. The number of benzene rings is 1. The van der Waals surface area contributed by atoms with Gasteiger partial charge in [0.15, 0.2) is 10.9 Å². The van der Waals surface area contributed by atoms with Crippen molar-refractivity contribution in [2.75, 3.05) is 0 Å². The van der Waals surface area contributed by atoms with E-state index in [1.165, 1.54) is 10.6 Å². The summed E-state index contributed by atoms with van der Waals surface area (Å²) in [6.45, 7) is 3.88. The van der Waals surface area contributed by atoms with Crippen molar-refractivity contribution < 1.29 is 34.5 Å². The van der Waals surface area contributed by atoms with Gasteiger partial charge in [-0.05, 0) is 19.4 Å². The Kier molecular flexibility index (Phi) is 6.75. The molecule has 164 valence electrons. The van der Waals surface area contributed by atoms with Crippen LogP contribution in [0.1, 0.15) is 46.9 Å². The van der Waals surface area contributed by atoms with Crippen LogP contribution in [-0.4, -0.2) is 37.0 Å². The maximum atomic E-state index is 12.6. The van der Waals surface area contributed by atoms with E-state index in [2.05, 4.69) is 0 Å². The predicted octanol–water partition coefficient (Wildman–Crippen LogP) is 2.13. The summed E-state index contributed by atoms with van der Waals surface area (Å²) in [5.41, 5.74) is -0.401. The van der Waals surface area contributed by atoms with E-state index < -0.39 is 33.6 Å². The second-order valence-corrected chi connectivity index (χ2v) is 6.34. The first-order valence-corrected chi connectivity index (χ1v) is 9.00. The average Bonchev–Trinajstić information content (AvgIpc) is 2.67.